The first-order chi connectivity index (χ1) is 9.86. The number of rotatable bonds is 5. The Bertz CT molecular complexity index is 536. The van der Waals surface area contributed by atoms with E-state index in [2.05, 4.69) is 33.1 Å². The van der Waals surface area contributed by atoms with Gasteiger partial charge in [-0.15, -0.1) is 0 Å². The molecule has 1 N–H and O–H groups in total. The van der Waals surface area contributed by atoms with E-state index in [9.17, 15) is 0 Å². The smallest absolute Gasteiger partial charge is 0.0951 e. The fourth-order valence-electron chi connectivity index (χ4n) is 2.87. The lowest BCUT2D eigenvalue weighted by Gasteiger charge is -2.24. The molecule has 1 fully saturated rings. The van der Waals surface area contributed by atoms with Crippen molar-refractivity contribution in [1.29, 1.82) is 0 Å². The highest BCUT2D eigenvalue weighted by molar-refractivity contribution is 5.56. The zero-order valence-electron chi connectivity index (χ0n) is 12.1. The second kappa shape index (κ2) is 6.22. The zero-order chi connectivity index (χ0) is 13.8. The van der Waals surface area contributed by atoms with Gasteiger partial charge in [-0.05, 0) is 25.8 Å². The van der Waals surface area contributed by atoms with Crippen molar-refractivity contribution < 1.29 is 0 Å². The van der Waals surface area contributed by atoms with E-state index in [0.717, 1.165) is 31.6 Å². The summed E-state index contributed by atoms with van der Waals surface area (Å²) in [5.74, 6) is 0. The predicted octanol–water partition coefficient (Wildman–Crippen LogP) is 2.30. The van der Waals surface area contributed by atoms with Gasteiger partial charge in [-0.3, -0.25) is 4.68 Å². The van der Waals surface area contributed by atoms with Crippen LogP contribution in [0.5, 0.6) is 0 Å². The van der Waals surface area contributed by atoms with Crippen LogP contribution in [0.1, 0.15) is 32.6 Å². The SMILES string of the molecule is CCCn1cc(-c2cncn2CC2CCCCN2)cn1. The number of aryl methyl sites for hydroxylation is 1. The van der Waals surface area contributed by atoms with Crippen LogP contribution in [-0.4, -0.2) is 31.9 Å². The van der Waals surface area contributed by atoms with E-state index >= 15 is 0 Å². The van der Waals surface area contributed by atoms with Crippen LogP contribution in [0.2, 0.25) is 0 Å². The highest BCUT2D eigenvalue weighted by atomic mass is 15.3. The van der Waals surface area contributed by atoms with E-state index in [-0.39, 0.29) is 0 Å². The molecule has 3 heterocycles. The second-order valence-electron chi connectivity index (χ2n) is 5.57. The van der Waals surface area contributed by atoms with Gasteiger partial charge in [0.1, 0.15) is 0 Å². The molecular weight excluding hydrogens is 250 g/mol. The predicted molar refractivity (Wildman–Crippen MR) is 79.4 cm³/mol. The fourth-order valence-corrected chi connectivity index (χ4v) is 2.87. The molecule has 2 aromatic heterocycles. The van der Waals surface area contributed by atoms with Gasteiger partial charge in [-0.1, -0.05) is 13.3 Å². The van der Waals surface area contributed by atoms with Crippen LogP contribution in [0.4, 0.5) is 0 Å². The van der Waals surface area contributed by atoms with Crippen molar-refractivity contribution >= 4 is 0 Å². The monoisotopic (exact) mass is 273 g/mol. The van der Waals surface area contributed by atoms with Crippen LogP contribution in [-0.2, 0) is 13.1 Å². The Kier molecular flexibility index (Phi) is 4.16. The highest BCUT2D eigenvalue weighted by Gasteiger charge is 2.15. The van der Waals surface area contributed by atoms with Crippen LogP contribution < -0.4 is 5.32 Å². The Balaban J connectivity index is 1.74. The number of piperidine rings is 1. The maximum absolute atomic E-state index is 4.41. The van der Waals surface area contributed by atoms with Gasteiger partial charge in [-0.2, -0.15) is 5.10 Å². The van der Waals surface area contributed by atoms with Crippen molar-refractivity contribution in [2.45, 2.75) is 51.7 Å². The minimum atomic E-state index is 0.572. The summed E-state index contributed by atoms with van der Waals surface area (Å²) >= 11 is 0. The summed E-state index contributed by atoms with van der Waals surface area (Å²) in [5, 5.41) is 8.00. The highest BCUT2D eigenvalue weighted by Crippen LogP contribution is 2.20. The van der Waals surface area contributed by atoms with Crippen molar-refractivity contribution in [2.24, 2.45) is 0 Å². The molecule has 108 valence electrons. The minimum absolute atomic E-state index is 0.572. The quantitative estimate of drug-likeness (QED) is 0.909. The van der Waals surface area contributed by atoms with Crippen LogP contribution in [0.15, 0.2) is 24.9 Å². The van der Waals surface area contributed by atoms with Gasteiger partial charge in [0, 0.05) is 30.9 Å². The average molecular weight is 273 g/mol. The summed E-state index contributed by atoms with van der Waals surface area (Å²) in [6.07, 6.45) is 12.9. The van der Waals surface area contributed by atoms with Crippen molar-refractivity contribution in [3.8, 4) is 11.3 Å². The Morgan fingerprint density at radius 1 is 1.35 bits per heavy atom. The number of hydrogen-bond donors (Lipinski definition) is 1. The molecule has 1 aliphatic heterocycles. The molecule has 1 atom stereocenters. The third kappa shape index (κ3) is 2.93. The Labute approximate surface area is 120 Å². The third-order valence-corrected chi connectivity index (χ3v) is 3.92. The molecule has 0 bridgehead atoms. The molecule has 5 heteroatoms. The average Bonchev–Trinajstić information content (AvgIpc) is 3.09. The van der Waals surface area contributed by atoms with Gasteiger partial charge < -0.3 is 9.88 Å². The van der Waals surface area contributed by atoms with Crippen LogP contribution >= 0.6 is 0 Å². The number of nitrogens with one attached hydrogen (secondary N) is 1. The molecule has 1 aliphatic rings. The van der Waals surface area contributed by atoms with Gasteiger partial charge in [0.2, 0.25) is 0 Å². The first-order valence-corrected chi connectivity index (χ1v) is 7.63. The van der Waals surface area contributed by atoms with E-state index in [1.807, 2.05) is 23.4 Å². The molecule has 0 saturated carbocycles. The van der Waals surface area contributed by atoms with Crippen molar-refractivity contribution in [3.05, 3.63) is 24.9 Å². The summed E-state index contributed by atoms with van der Waals surface area (Å²) in [5.41, 5.74) is 2.33. The number of aromatic nitrogens is 4. The lowest BCUT2D eigenvalue weighted by Crippen LogP contribution is -2.37. The Hall–Kier alpha value is -1.62. The topological polar surface area (TPSA) is 47.7 Å². The Morgan fingerprint density at radius 2 is 2.30 bits per heavy atom. The van der Waals surface area contributed by atoms with Gasteiger partial charge in [0.25, 0.3) is 0 Å². The van der Waals surface area contributed by atoms with Gasteiger partial charge in [0.15, 0.2) is 0 Å². The molecule has 0 spiro atoms. The minimum Gasteiger partial charge on any atom is -0.329 e. The number of nitrogens with zero attached hydrogens (tertiary/aromatic N) is 4. The van der Waals surface area contributed by atoms with Gasteiger partial charge in [0.05, 0.1) is 24.4 Å². The van der Waals surface area contributed by atoms with E-state index in [1.54, 1.807) is 0 Å². The first-order valence-electron chi connectivity index (χ1n) is 7.63. The molecule has 1 unspecified atom stereocenters. The summed E-state index contributed by atoms with van der Waals surface area (Å²) in [7, 11) is 0. The Morgan fingerprint density at radius 3 is 3.10 bits per heavy atom. The van der Waals surface area contributed by atoms with Crippen LogP contribution in [0.3, 0.4) is 0 Å². The molecular formula is C15H23N5. The van der Waals surface area contributed by atoms with E-state index < -0.39 is 0 Å². The van der Waals surface area contributed by atoms with Gasteiger partial charge in [-0.25, -0.2) is 4.98 Å². The fraction of sp³-hybridized carbons (Fsp3) is 0.600. The molecule has 20 heavy (non-hydrogen) atoms. The molecule has 3 rings (SSSR count). The van der Waals surface area contributed by atoms with E-state index in [1.165, 1.54) is 25.0 Å². The third-order valence-electron chi connectivity index (χ3n) is 3.92. The molecule has 0 aliphatic carbocycles. The van der Waals surface area contributed by atoms with E-state index in [0.29, 0.717) is 6.04 Å². The zero-order valence-corrected chi connectivity index (χ0v) is 12.1. The summed E-state index contributed by atoms with van der Waals surface area (Å²) in [6.45, 7) is 5.27. The van der Waals surface area contributed by atoms with Gasteiger partial charge >= 0.3 is 0 Å². The number of imidazole rings is 1. The molecule has 5 nitrogen and oxygen atoms in total. The van der Waals surface area contributed by atoms with Crippen molar-refractivity contribution in [1.82, 2.24) is 24.6 Å². The standard InChI is InChI=1S/C15H23N5/c1-2-7-20-10-13(8-18-20)15-9-16-12-19(15)11-14-5-3-4-6-17-14/h8-10,12,14,17H,2-7,11H2,1H3. The molecule has 2 aromatic rings. The van der Waals surface area contributed by atoms with Crippen molar-refractivity contribution in [3.63, 3.8) is 0 Å². The van der Waals surface area contributed by atoms with Crippen molar-refractivity contribution in [2.75, 3.05) is 6.54 Å². The largest absolute Gasteiger partial charge is 0.329 e. The van der Waals surface area contributed by atoms with Crippen LogP contribution in [0, 0.1) is 0 Å². The summed E-state index contributed by atoms with van der Waals surface area (Å²) in [6, 6.07) is 0.572. The first kappa shape index (κ1) is 13.4. The molecule has 0 amide bonds. The van der Waals surface area contributed by atoms with Crippen LogP contribution in [0.25, 0.3) is 11.3 Å². The lowest BCUT2D eigenvalue weighted by molar-refractivity contribution is 0.364. The number of hydrogen-bond acceptors (Lipinski definition) is 3. The lowest BCUT2D eigenvalue weighted by atomic mass is 10.0. The normalized spacial score (nSPS) is 19.4. The summed E-state index contributed by atoms with van der Waals surface area (Å²) < 4.78 is 4.25. The van der Waals surface area contributed by atoms with E-state index in [4.69, 9.17) is 0 Å². The maximum atomic E-state index is 4.41. The second-order valence-corrected chi connectivity index (χ2v) is 5.57. The summed E-state index contributed by atoms with van der Waals surface area (Å²) in [4.78, 5) is 4.32. The molecule has 0 aromatic carbocycles. The molecule has 0 radical (unpaired) electrons. The maximum Gasteiger partial charge on any atom is 0.0951 e. The molecule has 1 saturated heterocycles.